The molecule has 1 amide bonds. The lowest BCUT2D eigenvalue weighted by molar-refractivity contribution is -0.384. The van der Waals surface area contributed by atoms with Crippen LogP contribution in [0.1, 0.15) is 23.7 Å². The quantitative estimate of drug-likeness (QED) is 0.488. The van der Waals surface area contributed by atoms with E-state index in [0.29, 0.717) is 6.42 Å². The smallest absolute Gasteiger partial charge is 0.270 e. The molecule has 5 heteroatoms. The summed E-state index contributed by atoms with van der Waals surface area (Å²) < 4.78 is 0. The van der Waals surface area contributed by atoms with Crippen molar-refractivity contribution in [3.8, 4) is 12.3 Å². The Bertz CT molecular complexity index is 477. The molecule has 1 atom stereocenters. The van der Waals surface area contributed by atoms with Crippen LogP contribution in [0.3, 0.4) is 0 Å². The number of non-ortho nitro benzene ring substituents is 1. The van der Waals surface area contributed by atoms with E-state index >= 15 is 0 Å². The number of benzene rings is 1. The third-order valence-electron chi connectivity index (χ3n) is 2.23. The highest BCUT2D eigenvalue weighted by Gasteiger charge is 2.13. The van der Waals surface area contributed by atoms with Crippen LogP contribution in [-0.2, 0) is 0 Å². The van der Waals surface area contributed by atoms with Crippen LogP contribution in [-0.4, -0.2) is 16.9 Å². The Balaban J connectivity index is 2.86. The summed E-state index contributed by atoms with van der Waals surface area (Å²) in [6.45, 7) is 1.85. The van der Waals surface area contributed by atoms with Gasteiger partial charge in [0.25, 0.3) is 11.6 Å². The summed E-state index contributed by atoms with van der Waals surface area (Å²) in [6.07, 6.45) is 5.82. The SMILES string of the molecule is C#CC(CC)NC(=O)c1cccc([N+](=O)[O-])c1. The number of nitro groups is 1. The first-order valence-electron chi connectivity index (χ1n) is 5.10. The zero-order valence-corrected chi connectivity index (χ0v) is 9.34. The van der Waals surface area contributed by atoms with Gasteiger partial charge >= 0.3 is 0 Å². The molecule has 0 aliphatic carbocycles. The molecule has 0 aliphatic rings. The van der Waals surface area contributed by atoms with Crippen LogP contribution in [0, 0.1) is 22.5 Å². The van der Waals surface area contributed by atoms with Crippen molar-refractivity contribution >= 4 is 11.6 Å². The van der Waals surface area contributed by atoms with Crippen LogP contribution < -0.4 is 5.32 Å². The Morgan fingerprint density at radius 2 is 2.35 bits per heavy atom. The molecule has 0 saturated carbocycles. The molecule has 0 aromatic heterocycles. The molecule has 0 radical (unpaired) electrons. The van der Waals surface area contributed by atoms with E-state index in [-0.39, 0.29) is 17.3 Å². The van der Waals surface area contributed by atoms with Crippen LogP contribution in [0.2, 0.25) is 0 Å². The van der Waals surface area contributed by atoms with Crippen molar-refractivity contribution in [3.63, 3.8) is 0 Å². The van der Waals surface area contributed by atoms with Gasteiger partial charge in [0.1, 0.15) is 0 Å². The minimum Gasteiger partial charge on any atom is -0.338 e. The lowest BCUT2D eigenvalue weighted by atomic mass is 10.1. The van der Waals surface area contributed by atoms with E-state index in [9.17, 15) is 14.9 Å². The summed E-state index contributed by atoms with van der Waals surface area (Å²) in [7, 11) is 0. The zero-order chi connectivity index (χ0) is 12.8. The predicted molar refractivity (Wildman–Crippen MR) is 63.5 cm³/mol. The van der Waals surface area contributed by atoms with Crippen molar-refractivity contribution in [2.24, 2.45) is 0 Å². The molecule has 1 N–H and O–H groups in total. The lowest BCUT2D eigenvalue weighted by Crippen LogP contribution is -2.33. The fourth-order valence-electron chi connectivity index (χ4n) is 1.26. The van der Waals surface area contributed by atoms with Gasteiger partial charge in [0, 0.05) is 17.7 Å². The highest BCUT2D eigenvalue weighted by atomic mass is 16.6. The minimum atomic E-state index is -0.546. The third-order valence-corrected chi connectivity index (χ3v) is 2.23. The molecule has 5 nitrogen and oxygen atoms in total. The number of carbonyl (C=O) groups is 1. The molecule has 17 heavy (non-hydrogen) atoms. The first-order valence-corrected chi connectivity index (χ1v) is 5.10. The molecule has 0 fully saturated rings. The van der Waals surface area contributed by atoms with Crippen molar-refractivity contribution in [1.82, 2.24) is 5.32 Å². The van der Waals surface area contributed by atoms with Crippen LogP contribution in [0.25, 0.3) is 0 Å². The molecule has 0 saturated heterocycles. The number of terminal acetylenes is 1. The van der Waals surface area contributed by atoms with E-state index < -0.39 is 10.8 Å². The lowest BCUT2D eigenvalue weighted by Gasteiger charge is -2.10. The first kappa shape index (κ1) is 12.7. The third kappa shape index (κ3) is 3.31. The van der Waals surface area contributed by atoms with Gasteiger partial charge in [0.05, 0.1) is 11.0 Å². The molecule has 0 bridgehead atoms. The minimum absolute atomic E-state index is 0.119. The van der Waals surface area contributed by atoms with Gasteiger partial charge in [-0.25, -0.2) is 0 Å². The maximum Gasteiger partial charge on any atom is 0.270 e. The van der Waals surface area contributed by atoms with Gasteiger partial charge in [-0.3, -0.25) is 14.9 Å². The van der Waals surface area contributed by atoms with E-state index in [0.717, 1.165) is 0 Å². The molecule has 0 heterocycles. The van der Waals surface area contributed by atoms with Gasteiger partial charge in [-0.1, -0.05) is 18.9 Å². The molecule has 88 valence electrons. The Morgan fingerprint density at radius 1 is 1.65 bits per heavy atom. The molecule has 1 aromatic rings. The van der Waals surface area contributed by atoms with Crippen molar-refractivity contribution < 1.29 is 9.72 Å². The van der Waals surface area contributed by atoms with Gasteiger partial charge < -0.3 is 5.32 Å². The Hall–Kier alpha value is -2.35. The second-order valence-electron chi connectivity index (χ2n) is 3.41. The molecule has 1 aromatic carbocycles. The highest BCUT2D eigenvalue weighted by molar-refractivity contribution is 5.95. The molecule has 1 unspecified atom stereocenters. The Kier molecular flexibility index (Phi) is 4.23. The average Bonchev–Trinajstić information content (AvgIpc) is 2.35. The number of amides is 1. The summed E-state index contributed by atoms with van der Waals surface area (Å²) >= 11 is 0. The van der Waals surface area contributed by atoms with E-state index in [1.165, 1.54) is 24.3 Å². The van der Waals surface area contributed by atoms with Crippen molar-refractivity contribution in [2.45, 2.75) is 19.4 Å². The Morgan fingerprint density at radius 3 is 2.88 bits per heavy atom. The summed E-state index contributed by atoms with van der Waals surface area (Å²) in [5.41, 5.74) is 0.110. The number of rotatable bonds is 4. The van der Waals surface area contributed by atoms with Gasteiger partial charge in [-0.15, -0.1) is 6.42 Å². The van der Waals surface area contributed by atoms with Crippen LogP contribution in [0.5, 0.6) is 0 Å². The average molecular weight is 232 g/mol. The molecular formula is C12H12N2O3. The zero-order valence-electron chi connectivity index (χ0n) is 9.34. The summed E-state index contributed by atoms with van der Waals surface area (Å²) in [6, 6.07) is 5.16. The number of nitrogens with one attached hydrogen (secondary N) is 1. The summed E-state index contributed by atoms with van der Waals surface area (Å²) in [5, 5.41) is 13.2. The maximum absolute atomic E-state index is 11.7. The topological polar surface area (TPSA) is 72.2 Å². The molecular weight excluding hydrogens is 220 g/mol. The summed E-state index contributed by atoms with van der Waals surface area (Å²) in [4.78, 5) is 21.7. The Labute approximate surface area is 99.0 Å². The number of hydrogen-bond donors (Lipinski definition) is 1. The number of carbonyl (C=O) groups excluding carboxylic acids is 1. The number of hydrogen-bond acceptors (Lipinski definition) is 3. The van der Waals surface area contributed by atoms with E-state index in [1.807, 2.05) is 6.92 Å². The van der Waals surface area contributed by atoms with Gasteiger partial charge in [0.15, 0.2) is 0 Å². The van der Waals surface area contributed by atoms with Gasteiger partial charge in [0.2, 0.25) is 0 Å². The normalized spacial score (nSPS) is 11.3. The van der Waals surface area contributed by atoms with E-state index in [1.54, 1.807) is 0 Å². The molecule has 0 spiro atoms. The first-order chi connectivity index (χ1) is 8.08. The largest absolute Gasteiger partial charge is 0.338 e. The fraction of sp³-hybridized carbons (Fsp3) is 0.250. The molecule has 0 aliphatic heterocycles. The highest BCUT2D eigenvalue weighted by Crippen LogP contribution is 2.13. The predicted octanol–water partition coefficient (Wildman–Crippen LogP) is 1.74. The van der Waals surface area contributed by atoms with Crippen LogP contribution in [0.15, 0.2) is 24.3 Å². The monoisotopic (exact) mass is 232 g/mol. The van der Waals surface area contributed by atoms with Crippen LogP contribution >= 0.6 is 0 Å². The standard InChI is InChI=1S/C12H12N2O3/c1-3-10(4-2)13-12(15)9-6-5-7-11(8-9)14(16)17/h1,5-8,10H,4H2,2H3,(H,13,15). The van der Waals surface area contributed by atoms with Crippen molar-refractivity contribution in [3.05, 3.63) is 39.9 Å². The second-order valence-corrected chi connectivity index (χ2v) is 3.41. The van der Waals surface area contributed by atoms with Crippen LogP contribution in [0.4, 0.5) is 5.69 Å². The van der Waals surface area contributed by atoms with E-state index in [2.05, 4.69) is 11.2 Å². The number of nitrogens with zero attached hydrogens (tertiary/aromatic N) is 1. The molecule has 1 rings (SSSR count). The van der Waals surface area contributed by atoms with Gasteiger partial charge in [-0.05, 0) is 12.5 Å². The van der Waals surface area contributed by atoms with Gasteiger partial charge in [-0.2, -0.15) is 0 Å². The number of nitro benzene ring substituents is 1. The second kappa shape index (κ2) is 5.66. The fourth-order valence-corrected chi connectivity index (χ4v) is 1.26. The van der Waals surface area contributed by atoms with E-state index in [4.69, 9.17) is 6.42 Å². The summed E-state index contributed by atoms with van der Waals surface area (Å²) in [5.74, 6) is 2.02. The van der Waals surface area contributed by atoms with Crippen molar-refractivity contribution in [2.75, 3.05) is 0 Å². The van der Waals surface area contributed by atoms with Crippen molar-refractivity contribution in [1.29, 1.82) is 0 Å². The maximum atomic E-state index is 11.7.